The van der Waals surface area contributed by atoms with Crippen molar-refractivity contribution in [1.82, 2.24) is 4.98 Å². The Bertz CT molecular complexity index is 1280. The molecule has 31 heavy (non-hydrogen) atoms. The highest BCUT2D eigenvalue weighted by atomic mass is 35.5. The third kappa shape index (κ3) is 4.86. The SMILES string of the molecule is COc1c(Cl)cc(Cl)cc1C=CC(=O)Nc1ccc(Cl)c(-c2nc3ccccc3s2)c1. The van der Waals surface area contributed by atoms with E-state index in [4.69, 9.17) is 39.5 Å². The normalized spacial score (nSPS) is 11.2. The van der Waals surface area contributed by atoms with Gasteiger partial charge in [0.15, 0.2) is 0 Å². The molecule has 4 rings (SSSR count). The van der Waals surface area contributed by atoms with Crippen LogP contribution < -0.4 is 10.1 Å². The van der Waals surface area contributed by atoms with Gasteiger partial charge in [-0.15, -0.1) is 11.3 Å². The van der Waals surface area contributed by atoms with Crippen LogP contribution in [0.3, 0.4) is 0 Å². The highest BCUT2D eigenvalue weighted by molar-refractivity contribution is 7.21. The third-order valence-electron chi connectivity index (χ3n) is 4.41. The van der Waals surface area contributed by atoms with Crippen LogP contribution in [0, 0.1) is 0 Å². The van der Waals surface area contributed by atoms with Gasteiger partial charge in [-0.2, -0.15) is 0 Å². The second-order valence-electron chi connectivity index (χ2n) is 6.51. The number of nitrogens with one attached hydrogen (secondary N) is 1. The second kappa shape index (κ2) is 9.28. The molecule has 0 aliphatic carbocycles. The maximum atomic E-state index is 12.5. The molecule has 0 saturated heterocycles. The van der Waals surface area contributed by atoms with E-state index in [1.54, 1.807) is 41.7 Å². The molecule has 0 unspecified atom stereocenters. The van der Waals surface area contributed by atoms with Gasteiger partial charge in [0.2, 0.25) is 5.91 Å². The maximum absolute atomic E-state index is 12.5. The number of halogens is 3. The lowest BCUT2D eigenvalue weighted by Crippen LogP contribution is -2.07. The molecule has 0 spiro atoms. The van der Waals surface area contributed by atoms with Crippen LogP contribution in [0.5, 0.6) is 5.75 Å². The minimum atomic E-state index is -0.323. The van der Waals surface area contributed by atoms with Crippen molar-refractivity contribution in [3.63, 3.8) is 0 Å². The molecule has 1 heterocycles. The summed E-state index contributed by atoms with van der Waals surface area (Å²) in [5, 5.41) is 5.00. The third-order valence-corrected chi connectivity index (χ3v) is 6.31. The van der Waals surface area contributed by atoms with E-state index >= 15 is 0 Å². The van der Waals surface area contributed by atoms with Gasteiger partial charge in [-0.05, 0) is 48.5 Å². The van der Waals surface area contributed by atoms with Crippen LogP contribution in [0.4, 0.5) is 5.69 Å². The molecule has 0 fully saturated rings. The topological polar surface area (TPSA) is 51.2 Å². The molecule has 3 aromatic carbocycles. The van der Waals surface area contributed by atoms with Gasteiger partial charge in [-0.1, -0.05) is 46.9 Å². The van der Waals surface area contributed by atoms with E-state index in [0.717, 1.165) is 20.8 Å². The van der Waals surface area contributed by atoms with Crippen LogP contribution in [-0.4, -0.2) is 18.0 Å². The van der Waals surface area contributed by atoms with E-state index in [2.05, 4.69) is 10.3 Å². The van der Waals surface area contributed by atoms with E-state index in [-0.39, 0.29) is 5.91 Å². The highest BCUT2D eigenvalue weighted by Gasteiger charge is 2.12. The van der Waals surface area contributed by atoms with E-state index < -0.39 is 0 Å². The number of hydrogen-bond acceptors (Lipinski definition) is 4. The molecule has 0 aliphatic heterocycles. The van der Waals surface area contributed by atoms with Crippen LogP contribution in [0.1, 0.15) is 5.56 Å². The first-order valence-electron chi connectivity index (χ1n) is 9.12. The van der Waals surface area contributed by atoms with Crippen molar-refractivity contribution in [2.45, 2.75) is 0 Å². The lowest BCUT2D eigenvalue weighted by atomic mass is 10.1. The molecule has 0 saturated carbocycles. The molecule has 1 aromatic heterocycles. The first-order chi connectivity index (χ1) is 14.9. The summed E-state index contributed by atoms with van der Waals surface area (Å²) < 4.78 is 6.36. The fraction of sp³-hybridized carbons (Fsp3) is 0.0435. The van der Waals surface area contributed by atoms with E-state index in [1.807, 2.05) is 30.3 Å². The Morgan fingerprint density at radius 3 is 2.65 bits per heavy atom. The summed E-state index contributed by atoms with van der Waals surface area (Å²) in [7, 11) is 1.50. The monoisotopic (exact) mass is 488 g/mol. The van der Waals surface area contributed by atoms with Crippen LogP contribution in [-0.2, 0) is 4.79 Å². The molecular weight excluding hydrogens is 475 g/mol. The lowest BCUT2D eigenvalue weighted by Gasteiger charge is -2.08. The predicted octanol–water partition coefficient (Wildman–Crippen LogP) is 7.58. The first kappa shape index (κ1) is 21.7. The Morgan fingerprint density at radius 1 is 1.06 bits per heavy atom. The zero-order valence-electron chi connectivity index (χ0n) is 16.2. The Hall–Kier alpha value is -2.57. The molecule has 0 radical (unpaired) electrons. The van der Waals surface area contributed by atoms with Gasteiger partial charge in [0.25, 0.3) is 0 Å². The van der Waals surface area contributed by atoms with E-state index in [9.17, 15) is 4.79 Å². The fourth-order valence-electron chi connectivity index (χ4n) is 3.02. The number of benzene rings is 3. The number of aromatic nitrogens is 1. The van der Waals surface area contributed by atoms with Crippen molar-refractivity contribution in [1.29, 1.82) is 0 Å². The van der Waals surface area contributed by atoms with E-state index in [1.165, 1.54) is 13.2 Å². The van der Waals surface area contributed by atoms with Gasteiger partial charge in [0.05, 0.1) is 27.4 Å². The van der Waals surface area contributed by atoms with Crippen molar-refractivity contribution in [2.24, 2.45) is 0 Å². The van der Waals surface area contributed by atoms with Gasteiger partial charge in [0.1, 0.15) is 10.8 Å². The lowest BCUT2D eigenvalue weighted by molar-refractivity contribution is -0.111. The minimum Gasteiger partial charge on any atom is -0.495 e. The first-order valence-corrected chi connectivity index (χ1v) is 11.1. The largest absolute Gasteiger partial charge is 0.495 e. The number of carbonyl (C=O) groups is 1. The molecule has 4 aromatic rings. The Balaban J connectivity index is 1.57. The van der Waals surface area contributed by atoms with Crippen molar-refractivity contribution in [3.8, 4) is 16.3 Å². The van der Waals surface area contributed by atoms with Crippen LogP contribution in [0.2, 0.25) is 15.1 Å². The molecule has 0 atom stereocenters. The Kier molecular flexibility index (Phi) is 6.49. The number of thiazole rings is 1. The molecule has 4 nitrogen and oxygen atoms in total. The quantitative estimate of drug-likeness (QED) is 0.294. The zero-order chi connectivity index (χ0) is 22.0. The van der Waals surface area contributed by atoms with Crippen molar-refractivity contribution >= 4 is 74.0 Å². The summed E-state index contributed by atoms with van der Waals surface area (Å²) >= 11 is 20.1. The zero-order valence-corrected chi connectivity index (χ0v) is 19.2. The number of hydrogen-bond donors (Lipinski definition) is 1. The molecular formula is C23H15Cl3N2O2S. The van der Waals surface area contributed by atoms with Gasteiger partial charge in [-0.25, -0.2) is 4.98 Å². The maximum Gasteiger partial charge on any atom is 0.248 e. The highest BCUT2D eigenvalue weighted by Crippen LogP contribution is 2.36. The van der Waals surface area contributed by atoms with Crippen LogP contribution in [0.15, 0.2) is 60.7 Å². The molecule has 1 amide bonds. The van der Waals surface area contributed by atoms with Gasteiger partial charge in [-0.3, -0.25) is 4.79 Å². The Labute approximate surface area is 198 Å². The summed E-state index contributed by atoms with van der Waals surface area (Å²) in [6.45, 7) is 0. The number of carbonyl (C=O) groups excluding carboxylic acids is 1. The van der Waals surface area contributed by atoms with E-state index in [0.29, 0.717) is 32.1 Å². The minimum absolute atomic E-state index is 0.323. The number of para-hydroxylation sites is 1. The van der Waals surface area contributed by atoms with Gasteiger partial charge in [0, 0.05) is 27.9 Å². The van der Waals surface area contributed by atoms with Crippen molar-refractivity contribution in [2.75, 3.05) is 12.4 Å². The number of anilines is 1. The number of amides is 1. The van der Waals surface area contributed by atoms with Crippen LogP contribution >= 0.6 is 46.1 Å². The predicted molar refractivity (Wildman–Crippen MR) is 131 cm³/mol. The smallest absolute Gasteiger partial charge is 0.248 e. The number of fused-ring (bicyclic) bond motifs is 1. The standard InChI is InChI=1S/C23H15Cl3N2O2S/c1-30-22-13(10-14(24)11-18(22)26)6-9-21(29)27-15-7-8-17(25)16(12-15)23-28-19-4-2-3-5-20(19)31-23/h2-12H,1H3,(H,27,29). The molecule has 156 valence electrons. The summed E-state index contributed by atoms with van der Waals surface area (Å²) in [6.07, 6.45) is 2.98. The summed E-state index contributed by atoms with van der Waals surface area (Å²) in [4.78, 5) is 17.1. The number of rotatable bonds is 5. The molecule has 0 bridgehead atoms. The average Bonchev–Trinajstić information content (AvgIpc) is 3.17. The number of methoxy groups -OCH3 is 1. The van der Waals surface area contributed by atoms with Gasteiger partial charge >= 0.3 is 0 Å². The Morgan fingerprint density at radius 2 is 1.87 bits per heavy atom. The molecule has 0 aliphatic rings. The summed E-state index contributed by atoms with van der Waals surface area (Å²) in [5.74, 6) is 0.121. The van der Waals surface area contributed by atoms with Crippen molar-refractivity contribution < 1.29 is 9.53 Å². The summed E-state index contributed by atoms with van der Waals surface area (Å²) in [6, 6.07) is 16.4. The fourth-order valence-corrected chi connectivity index (χ4v) is 4.87. The average molecular weight is 490 g/mol. The van der Waals surface area contributed by atoms with Gasteiger partial charge < -0.3 is 10.1 Å². The second-order valence-corrected chi connectivity index (χ2v) is 8.80. The number of nitrogens with zero attached hydrogens (tertiary/aromatic N) is 1. The molecule has 8 heteroatoms. The molecule has 1 N–H and O–H groups in total. The van der Waals surface area contributed by atoms with Crippen molar-refractivity contribution in [3.05, 3.63) is 81.3 Å². The summed E-state index contributed by atoms with van der Waals surface area (Å²) in [5.41, 5.74) is 2.86. The van der Waals surface area contributed by atoms with Crippen LogP contribution in [0.25, 0.3) is 26.9 Å². The number of ether oxygens (including phenoxy) is 1.